The molecule has 8 heteroatoms. The first-order valence-corrected chi connectivity index (χ1v) is 10.4. The molecule has 0 saturated heterocycles. The van der Waals surface area contributed by atoms with Crippen molar-refractivity contribution in [3.63, 3.8) is 0 Å². The highest BCUT2D eigenvalue weighted by molar-refractivity contribution is 7.19. The van der Waals surface area contributed by atoms with E-state index < -0.39 is 0 Å². The van der Waals surface area contributed by atoms with E-state index in [1.807, 2.05) is 49.4 Å². The molecule has 0 aliphatic heterocycles. The molecule has 0 aliphatic rings. The minimum absolute atomic E-state index is 0.130. The Hall–Kier alpha value is -3.29. The van der Waals surface area contributed by atoms with Crippen LogP contribution >= 0.6 is 22.9 Å². The van der Waals surface area contributed by atoms with Crippen LogP contribution < -0.4 is 5.56 Å². The molecule has 0 aliphatic carbocycles. The summed E-state index contributed by atoms with van der Waals surface area (Å²) in [6.07, 6.45) is 1.53. The monoisotopic (exact) mass is 434 g/mol. The fraction of sp³-hybridized carbons (Fsp3) is 0.0909. The molecule has 6 nitrogen and oxygen atoms in total. The van der Waals surface area contributed by atoms with Crippen molar-refractivity contribution in [2.45, 2.75) is 13.5 Å². The number of thiophene rings is 1. The Bertz CT molecular complexity index is 1410. The molecule has 3 aromatic heterocycles. The molecule has 0 atom stereocenters. The molecule has 0 fully saturated rings. The van der Waals surface area contributed by atoms with Crippen LogP contribution in [0.3, 0.4) is 0 Å². The molecule has 5 rings (SSSR count). The number of hydrogen-bond acceptors (Lipinski definition) is 6. The van der Waals surface area contributed by atoms with E-state index in [0.29, 0.717) is 22.1 Å². The van der Waals surface area contributed by atoms with Crippen molar-refractivity contribution < 1.29 is 4.52 Å². The number of aryl methyl sites for hydroxylation is 1. The zero-order valence-corrected chi connectivity index (χ0v) is 17.4. The van der Waals surface area contributed by atoms with Crippen molar-refractivity contribution in [3.05, 3.63) is 87.1 Å². The van der Waals surface area contributed by atoms with E-state index in [1.165, 1.54) is 22.2 Å². The summed E-state index contributed by atoms with van der Waals surface area (Å²) in [6, 6.07) is 17.0. The standard InChI is InChI=1S/C22H15ClN4O2S/c1-13-18(14-5-3-2-4-6-14)19-21(30-13)24-12-27(22(19)28)11-17-25-20(26-29-17)15-7-9-16(23)10-8-15/h2-10,12H,11H2,1H3. The normalized spacial score (nSPS) is 11.3. The Labute approximate surface area is 180 Å². The molecular weight excluding hydrogens is 420 g/mol. The Morgan fingerprint density at radius 2 is 1.83 bits per heavy atom. The number of aromatic nitrogens is 4. The van der Waals surface area contributed by atoms with Gasteiger partial charge in [0.2, 0.25) is 11.7 Å². The van der Waals surface area contributed by atoms with Gasteiger partial charge in [-0.2, -0.15) is 4.98 Å². The molecule has 2 aromatic carbocycles. The Morgan fingerprint density at radius 3 is 2.60 bits per heavy atom. The Balaban J connectivity index is 1.54. The van der Waals surface area contributed by atoms with Crippen LogP contribution in [0.2, 0.25) is 5.02 Å². The van der Waals surface area contributed by atoms with Gasteiger partial charge in [0.15, 0.2) is 0 Å². The summed E-state index contributed by atoms with van der Waals surface area (Å²) >= 11 is 7.45. The number of benzene rings is 2. The van der Waals surface area contributed by atoms with Gasteiger partial charge in [0.1, 0.15) is 11.4 Å². The van der Waals surface area contributed by atoms with E-state index in [1.54, 1.807) is 12.1 Å². The maximum Gasteiger partial charge on any atom is 0.263 e. The molecule has 0 N–H and O–H groups in total. The van der Waals surface area contributed by atoms with Gasteiger partial charge in [-0.15, -0.1) is 11.3 Å². The van der Waals surface area contributed by atoms with Crippen molar-refractivity contribution in [1.82, 2.24) is 19.7 Å². The fourth-order valence-electron chi connectivity index (χ4n) is 3.38. The van der Waals surface area contributed by atoms with Crippen molar-refractivity contribution >= 4 is 33.2 Å². The first-order chi connectivity index (χ1) is 14.6. The van der Waals surface area contributed by atoms with Crippen LogP contribution in [0.1, 0.15) is 10.8 Å². The lowest BCUT2D eigenvalue weighted by atomic mass is 10.0. The molecule has 0 radical (unpaired) electrons. The van der Waals surface area contributed by atoms with Crippen molar-refractivity contribution in [2.75, 3.05) is 0 Å². The van der Waals surface area contributed by atoms with E-state index in [0.717, 1.165) is 26.4 Å². The lowest BCUT2D eigenvalue weighted by molar-refractivity contribution is 0.369. The summed E-state index contributed by atoms with van der Waals surface area (Å²) < 4.78 is 6.86. The lowest BCUT2D eigenvalue weighted by Gasteiger charge is -2.04. The third kappa shape index (κ3) is 3.32. The van der Waals surface area contributed by atoms with E-state index in [-0.39, 0.29) is 12.1 Å². The summed E-state index contributed by atoms with van der Waals surface area (Å²) in [6.45, 7) is 2.15. The molecule has 30 heavy (non-hydrogen) atoms. The highest BCUT2D eigenvalue weighted by Gasteiger charge is 2.18. The molecule has 0 saturated carbocycles. The second-order valence-electron chi connectivity index (χ2n) is 6.78. The number of halogens is 1. The predicted molar refractivity (Wildman–Crippen MR) is 118 cm³/mol. The maximum absolute atomic E-state index is 13.3. The highest BCUT2D eigenvalue weighted by atomic mass is 35.5. The van der Waals surface area contributed by atoms with Crippen molar-refractivity contribution in [2.24, 2.45) is 0 Å². The molecule has 148 valence electrons. The highest BCUT2D eigenvalue weighted by Crippen LogP contribution is 2.35. The summed E-state index contributed by atoms with van der Waals surface area (Å²) in [7, 11) is 0. The van der Waals surface area contributed by atoms with E-state index >= 15 is 0 Å². The number of rotatable bonds is 4. The summed E-state index contributed by atoms with van der Waals surface area (Å²) in [5.74, 6) is 0.775. The molecule has 0 bridgehead atoms. The van der Waals surface area contributed by atoms with Crippen LogP contribution in [0.5, 0.6) is 0 Å². The Morgan fingerprint density at radius 1 is 1.07 bits per heavy atom. The fourth-order valence-corrected chi connectivity index (χ4v) is 4.51. The molecule has 3 heterocycles. The molecule has 0 amide bonds. The van der Waals surface area contributed by atoms with Gasteiger partial charge < -0.3 is 4.52 Å². The second-order valence-corrected chi connectivity index (χ2v) is 8.42. The average Bonchev–Trinajstić information content (AvgIpc) is 3.35. The topological polar surface area (TPSA) is 73.8 Å². The van der Waals surface area contributed by atoms with E-state index in [9.17, 15) is 4.79 Å². The van der Waals surface area contributed by atoms with Gasteiger partial charge in [-0.05, 0) is 36.8 Å². The zero-order chi connectivity index (χ0) is 20.7. The third-order valence-corrected chi connectivity index (χ3v) is 6.06. The minimum Gasteiger partial charge on any atom is -0.337 e. The van der Waals surface area contributed by atoms with Gasteiger partial charge >= 0.3 is 0 Å². The average molecular weight is 435 g/mol. The van der Waals surface area contributed by atoms with E-state index in [4.69, 9.17) is 16.1 Å². The number of nitrogens with zero attached hydrogens (tertiary/aromatic N) is 4. The second kappa shape index (κ2) is 7.51. The third-order valence-electron chi connectivity index (χ3n) is 4.79. The molecule has 0 unspecified atom stereocenters. The van der Waals surface area contributed by atoms with Crippen LogP contribution in [0, 0.1) is 6.92 Å². The summed E-state index contributed by atoms with van der Waals surface area (Å²) in [5, 5.41) is 5.26. The number of hydrogen-bond donors (Lipinski definition) is 0. The van der Waals surface area contributed by atoms with Crippen LogP contribution in [0.4, 0.5) is 0 Å². The molecule has 0 spiro atoms. The maximum atomic E-state index is 13.3. The lowest BCUT2D eigenvalue weighted by Crippen LogP contribution is -2.21. The first kappa shape index (κ1) is 18.7. The Kier molecular flexibility index (Phi) is 4.69. The van der Waals surface area contributed by atoms with Crippen molar-refractivity contribution in [3.8, 4) is 22.5 Å². The van der Waals surface area contributed by atoms with E-state index in [2.05, 4.69) is 15.1 Å². The SMILES string of the molecule is Cc1sc2ncn(Cc3nc(-c4ccc(Cl)cc4)no3)c(=O)c2c1-c1ccccc1. The van der Waals surface area contributed by atoms with Gasteiger partial charge in [-0.3, -0.25) is 9.36 Å². The smallest absolute Gasteiger partial charge is 0.263 e. The van der Waals surface area contributed by atoms with Gasteiger partial charge in [-0.25, -0.2) is 4.98 Å². The van der Waals surface area contributed by atoms with Gasteiger partial charge in [0.25, 0.3) is 5.56 Å². The largest absolute Gasteiger partial charge is 0.337 e. The zero-order valence-electron chi connectivity index (χ0n) is 15.9. The molecule has 5 aromatic rings. The van der Waals surface area contributed by atoms with Crippen molar-refractivity contribution in [1.29, 1.82) is 0 Å². The predicted octanol–water partition coefficient (Wildman–Crippen LogP) is 5.19. The van der Waals surface area contributed by atoms with Gasteiger partial charge in [-0.1, -0.05) is 47.1 Å². The first-order valence-electron chi connectivity index (χ1n) is 9.22. The van der Waals surface area contributed by atoms with Crippen LogP contribution in [0.15, 0.2) is 70.2 Å². The quantitative estimate of drug-likeness (QED) is 0.389. The molecular formula is C22H15ClN4O2S. The van der Waals surface area contributed by atoms with Gasteiger partial charge in [0, 0.05) is 21.0 Å². The van der Waals surface area contributed by atoms with Crippen LogP contribution in [-0.4, -0.2) is 19.7 Å². The minimum atomic E-state index is -0.130. The van der Waals surface area contributed by atoms with Crippen LogP contribution in [-0.2, 0) is 6.54 Å². The summed E-state index contributed by atoms with van der Waals surface area (Å²) in [5.41, 5.74) is 2.58. The number of fused-ring (bicyclic) bond motifs is 1. The van der Waals surface area contributed by atoms with Gasteiger partial charge in [0.05, 0.1) is 11.7 Å². The van der Waals surface area contributed by atoms with Crippen LogP contribution in [0.25, 0.3) is 32.7 Å². The summed E-state index contributed by atoms with van der Waals surface area (Å²) in [4.78, 5) is 24.0.